The number of sulfone groups is 1. The highest BCUT2D eigenvalue weighted by molar-refractivity contribution is 7.90. The maximum atomic E-state index is 11.4. The van der Waals surface area contributed by atoms with Gasteiger partial charge >= 0.3 is 0 Å². The summed E-state index contributed by atoms with van der Waals surface area (Å²) < 4.78 is 28.1. The number of rotatable bonds is 2. The average molecular weight is 240 g/mol. The molecule has 0 saturated heterocycles. The van der Waals surface area contributed by atoms with Crippen molar-refractivity contribution < 1.29 is 12.8 Å². The number of hydrogen-bond acceptors (Lipinski definition) is 5. The number of nitrogens with two attached hydrogens (primary N) is 1. The number of anilines is 1. The molecule has 1 aromatic heterocycles. The van der Waals surface area contributed by atoms with E-state index in [0.717, 1.165) is 6.26 Å². The molecule has 0 bridgehead atoms. The van der Waals surface area contributed by atoms with Gasteiger partial charge in [0.2, 0.25) is 5.89 Å². The maximum absolute atomic E-state index is 11.4. The van der Waals surface area contributed by atoms with E-state index in [2.05, 4.69) is 4.98 Å². The molecule has 0 aliphatic heterocycles. The van der Waals surface area contributed by atoms with Crippen LogP contribution < -0.4 is 5.73 Å². The zero-order valence-corrected chi connectivity index (χ0v) is 9.78. The Morgan fingerprint density at radius 1 is 1.44 bits per heavy atom. The first-order valence-electron chi connectivity index (χ1n) is 4.73. The number of oxazole rings is 1. The van der Waals surface area contributed by atoms with Crippen LogP contribution in [0.3, 0.4) is 0 Å². The molecule has 0 fully saturated rings. The molecule has 0 spiro atoms. The fourth-order valence-electron chi connectivity index (χ4n) is 1.32. The summed E-state index contributed by atoms with van der Waals surface area (Å²) in [6.45, 7) is 1.55. The smallest absolute Gasteiger partial charge is 0.213 e. The van der Waals surface area contributed by atoms with Crippen LogP contribution in [0.15, 0.2) is 22.6 Å². The van der Waals surface area contributed by atoms with E-state index in [1.807, 2.05) is 0 Å². The fourth-order valence-corrected chi connectivity index (χ4v) is 1.78. The molecule has 5 nitrogen and oxygen atoms in total. The quantitative estimate of drug-likeness (QED) is 0.804. The van der Waals surface area contributed by atoms with Crippen LogP contribution >= 0.6 is 0 Å². The number of aromatic nitrogens is 1. The summed E-state index contributed by atoms with van der Waals surface area (Å²) in [6.07, 6.45) is 1.15. The summed E-state index contributed by atoms with van der Waals surface area (Å²) >= 11 is 0. The van der Waals surface area contributed by atoms with Crippen LogP contribution in [0.1, 0.15) is 18.1 Å². The summed E-state index contributed by atoms with van der Waals surface area (Å²) in [5.41, 5.74) is 7.26. The lowest BCUT2D eigenvalue weighted by atomic mass is 10.3. The lowest BCUT2D eigenvalue weighted by Gasteiger charge is -2.02. The van der Waals surface area contributed by atoms with Crippen LogP contribution in [0.5, 0.6) is 0 Å². The summed E-state index contributed by atoms with van der Waals surface area (Å²) in [7, 11) is -3.20. The Labute approximate surface area is 93.2 Å². The van der Waals surface area contributed by atoms with Gasteiger partial charge in [-0.2, -0.15) is 0 Å². The highest BCUT2D eigenvalue weighted by Crippen LogP contribution is 2.25. The Morgan fingerprint density at radius 3 is 2.75 bits per heavy atom. The van der Waals surface area contributed by atoms with Crippen molar-refractivity contribution in [1.29, 1.82) is 0 Å². The van der Waals surface area contributed by atoms with Gasteiger partial charge in [-0.3, -0.25) is 0 Å². The van der Waals surface area contributed by atoms with Gasteiger partial charge in [-0.25, -0.2) is 13.4 Å². The summed E-state index contributed by atoms with van der Waals surface area (Å²) in [5, 5.41) is -0.749. The van der Waals surface area contributed by atoms with E-state index in [9.17, 15) is 8.42 Å². The standard InChI is InChI=1S/C10H12N2O3S/c1-6(16(2,13)14)10-12-8-4-3-7(11)5-9(8)15-10/h3-6H,11H2,1-2H3. The average Bonchev–Trinajstić information content (AvgIpc) is 2.57. The molecule has 0 aliphatic carbocycles. The van der Waals surface area contributed by atoms with Crippen LogP contribution in [0.2, 0.25) is 0 Å². The van der Waals surface area contributed by atoms with Gasteiger partial charge in [0.1, 0.15) is 10.8 Å². The van der Waals surface area contributed by atoms with Crippen molar-refractivity contribution in [2.45, 2.75) is 12.2 Å². The molecule has 2 N–H and O–H groups in total. The molecule has 0 amide bonds. The molecule has 1 atom stereocenters. The van der Waals surface area contributed by atoms with E-state index in [-0.39, 0.29) is 5.89 Å². The van der Waals surface area contributed by atoms with Gasteiger partial charge in [-0.1, -0.05) is 0 Å². The second-order valence-corrected chi connectivity index (χ2v) is 6.12. The van der Waals surface area contributed by atoms with Crippen molar-refractivity contribution in [1.82, 2.24) is 4.98 Å². The van der Waals surface area contributed by atoms with Crippen molar-refractivity contribution in [3.05, 3.63) is 24.1 Å². The molecule has 0 aliphatic rings. The molecule has 1 heterocycles. The van der Waals surface area contributed by atoms with Crippen LogP contribution in [0, 0.1) is 0 Å². The van der Waals surface area contributed by atoms with E-state index < -0.39 is 15.1 Å². The van der Waals surface area contributed by atoms with Gasteiger partial charge in [-0.05, 0) is 19.1 Å². The minimum atomic E-state index is -3.20. The molecule has 1 aromatic carbocycles. The number of fused-ring (bicyclic) bond motifs is 1. The highest BCUT2D eigenvalue weighted by atomic mass is 32.2. The Kier molecular flexibility index (Phi) is 2.38. The van der Waals surface area contributed by atoms with Gasteiger partial charge in [-0.15, -0.1) is 0 Å². The third kappa shape index (κ3) is 1.88. The van der Waals surface area contributed by atoms with Crippen LogP contribution in [0.4, 0.5) is 5.69 Å². The van der Waals surface area contributed by atoms with Crippen molar-refractivity contribution in [3.8, 4) is 0 Å². The molecular formula is C10H12N2O3S. The first kappa shape index (κ1) is 10.9. The van der Waals surface area contributed by atoms with Crippen molar-refractivity contribution in [3.63, 3.8) is 0 Å². The van der Waals surface area contributed by atoms with Crippen molar-refractivity contribution >= 4 is 26.6 Å². The zero-order chi connectivity index (χ0) is 11.9. The van der Waals surface area contributed by atoms with E-state index in [1.54, 1.807) is 25.1 Å². The Balaban J connectivity index is 2.56. The first-order valence-corrected chi connectivity index (χ1v) is 6.68. The first-order chi connectivity index (χ1) is 7.38. The molecule has 2 rings (SSSR count). The number of nitrogens with zero attached hydrogens (tertiary/aromatic N) is 1. The van der Waals surface area contributed by atoms with Crippen LogP contribution in [0.25, 0.3) is 11.1 Å². The number of benzene rings is 1. The Hall–Kier alpha value is -1.56. The lowest BCUT2D eigenvalue weighted by molar-refractivity contribution is 0.515. The highest BCUT2D eigenvalue weighted by Gasteiger charge is 2.22. The third-order valence-electron chi connectivity index (χ3n) is 2.42. The largest absolute Gasteiger partial charge is 0.439 e. The minimum absolute atomic E-state index is 0.197. The van der Waals surface area contributed by atoms with Crippen molar-refractivity contribution in [2.75, 3.05) is 12.0 Å². The van der Waals surface area contributed by atoms with Gasteiger partial charge in [0, 0.05) is 18.0 Å². The van der Waals surface area contributed by atoms with Gasteiger partial charge in [0.25, 0.3) is 0 Å². The lowest BCUT2D eigenvalue weighted by Crippen LogP contribution is -2.07. The topological polar surface area (TPSA) is 86.2 Å². The SMILES string of the molecule is CC(c1nc2ccc(N)cc2o1)S(C)(=O)=O. The van der Waals surface area contributed by atoms with E-state index in [4.69, 9.17) is 10.2 Å². The third-order valence-corrected chi connectivity index (χ3v) is 3.91. The predicted octanol–water partition coefficient (Wildman–Crippen LogP) is 1.52. The molecule has 0 saturated carbocycles. The maximum Gasteiger partial charge on any atom is 0.213 e. The normalized spacial score (nSPS) is 14.1. The minimum Gasteiger partial charge on any atom is -0.439 e. The zero-order valence-electron chi connectivity index (χ0n) is 8.97. The molecule has 16 heavy (non-hydrogen) atoms. The van der Waals surface area contributed by atoms with E-state index >= 15 is 0 Å². The molecular weight excluding hydrogens is 228 g/mol. The van der Waals surface area contributed by atoms with E-state index in [1.165, 1.54) is 0 Å². The van der Waals surface area contributed by atoms with E-state index in [0.29, 0.717) is 16.8 Å². The van der Waals surface area contributed by atoms with Gasteiger partial charge < -0.3 is 10.2 Å². The van der Waals surface area contributed by atoms with Crippen LogP contribution in [-0.4, -0.2) is 19.7 Å². The predicted molar refractivity (Wildman–Crippen MR) is 61.7 cm³/mol. The summed E-state index contributed by atoms with van der Waals surface area (Å²) in [4.78, 5) is 4.12. The Bertz CT molecular complexity index is 631. The molecule has 0 radical (unpaired) electrons. The number of hydrogen-bond donors (Lipinski definition) is 1. The molecule has 1 unspecified atom stereocenters. The molecule has 2 aromatic rings. The molecule has 86 valence electrons. The van der Waals surface area contributed by atoms with Crippen molar-refractivity contribution in [2.24, 2.45) is 0 Å². The number of nitrogen functional groups attached to an aromatic ring is 1. The van der Waals surface area contributed by atoms with Gasteiger partial charge in [0.05, 0.1) is 0 Å². The van der Waals surface area contributed by atoms with Gasteiger partial charge in [0.15, 0.2) is 15.4 Å². The summed E-state index contributed by atoms with van der Waals surface area (Å²) in [6, 6.07) is 5.02. The second kappa shape index (κ2) is 3.48. The monoisotopic (exact) mass is 240 g/mol. The fraction of sp³-hybridized carbons (Fsp3) is 0.300. The second-order valence-electron chi connectivity index (χ2n) is 3.75. The molecule has 6 heteroatoms. The van der Waals surface area contributed by atoms with Crippen LogP contribution in [-0.2, 0) is 9.84 Å². The summed E-state index contributed by atoms with van der Waals surface area (Å²) in [5.74, 6) is 0.197. The Morgan fingerprint density at radius 2 is 2.12 bits per heavy atom.